The maximum atomic E-state index is 10.7. The third-order valence-corrected chi connectivity index (χ3v) is 3.48. The second kappa shape index (κ2) is 3.53. The molecule has 0 saturated heterocycles. The van der Waals surface area contributed by atoms with E-state index >= 15 is 0 Å². The fraction of sp³-hybridized carbons (Fsp3) is 1.00. The average Bonchev–Trinajstić information content (AvgIpc) is 1.63. The van der Waals surface area contributed by atoms with Crippen LogP contribution in [0, 0.1) is 0 Å². The molecule has 0 aliphatic heterocycles. The lowest BCUT2D eigenvalue weighted by Crippen LogP contribution is -2.30. The van der Waals surface area contributed by atoms with Gasteiger partial charge in [0.1, 0.15) is 4.66 Å². The molecule has 0 aromatic heterocycles. The van der Waals surface area contributed by atoms with Gasteiger partial charge in [0.05, 0.1) is 0 Å². The molecule has 1 N–H and O–H groups in total. The fourth-order valence-corrected chi connectivity index (χ4v) is 1.57. The summed E-state index contributed by atoms with van der Waals surface area (Å²) >= 11 is 2.85. The minimum atomic E-state index is -3.05. The van der Waals surface area contributed by atoms with Crippen molar-refractivity contribution in [3.05, 3.63) is 0 Å². The SMILES string of the molecule is CC(C)NS(=O)(=O)CBr. The summed E-state index contributed by atoms with van der Waals surface area (Å²) in [7, 11) is -3.05. The van der Waals surface area contributed by atoms with Gasteiger partial charge in [-0.1, -0.05) is 15.9 Å². The molecular formula is C4H10BrNO2S. The molecule has 0 bridgehead atoms. The highest BCUT2D eigenvalue weighted by atomic mass is 79.9. The van der Waals surface area contributed by atoms with Gasteiger partial charge in [-0.3, -0.25) is 0 Å². The van der Waals surface area contributed by atoms with Crippen LogP contribution in [0.5, 0.6) is 0 Å². The molecule has 0 saturated carbocycles. The highest BCUT2D eigenvalue weighted by Crippen LogP contribution is 1.92. The van der Waals surface area contributed by atoms with Crippen molar-refractivity contribution in [2.45, 2.75) is 19.9 Å². The monoisotopic (exact) mass is 215 g/mol. The Kier molecular flexibility index (Phi) is 3.68. The van der Waals surface area contributed by atoms with Gasteiger partial charge in [-0.25, -0.2) is 13.1 Å². The first-order valence-electron chi connectivity index (χ1n) is 2.54. The van der Waals surface area contributed by atoms with E-state index in [1.165, 1.54) is 0 Å². The van der Waals surface area contributed by atoms with Gasteiger partial charge < -0.3 is 0 Å². The van der Waals surface area contributed by atoms with E-state index in [1.807, 2.05) is 0 Å². The molecule has 0 atom stereocenters. The molecule has 0 aliphatic carbocycles. The molecule has 5 heteroatoms. The Bertz CT molecular complexity index is 163. The summed E-state index contributed by atoms with van der Waals surface area (Å²) in [6.07, 6.45) is 0. The van der Waals surface area contributed by atoms with E-state index < -0.39 is 10.0 Å². The van der Waals surface area contributed by atoms with Crippen molar-refractivity contribution in [1.29, 1.82) is 0 Å². The van der Waals surface area contributed by atoms with E-state index in [0.717, 1.165) is 0 Å². The van der Waals surface area contributed by atoms with Crippen LogP contribution in [0.4, 0.5) is 0 Å². The van der Waals surface area contributed by atoms with Crippen LogP contribution in [0.1, 0.15) is 13.8 Å². The number of alkyl halides is 1. The summed E-state index contributed by atoms with van der Waals surface area (Å²) in [4.78, 5) is 0. The molecule has 0 unspecified atom stereocenters. The van der Waals surface area contributed by atoms with Crippen molar-refractivity contribution >= 4 is 26.0 Å². The van der Waals surface area contributed by atoms with E-state index in [1.54, 1.807) is 13.8 Å². The molecule has 0 spiro atoms. The number of sulfonamides is 1. The summed E-state index contributed by atoms with van der Waals surface area (Å²) in [5.74, 6) is 0. The predicted octanol–water partition coefficient (Wildman–Crippen LogP) is 0.667. The second-order valence-electron chi connectivity index (χ2n) is 2.00. The van der Waals surface area contributed by atoms with Crippen molar-refractivity contribution in [1.82, 2.24) is 4.72 Å². The first kappa shape index (κ1) is 9.39. The lowest BCUT2D eigenvalue weighted by Gasteiger charge is -2.05. The molecule has 0 aromatic carbocycles. The molecule has 0 rings (SSSR count). The Hall–Kier alpha value is 0.390. The van der Waals surface area contributed by atoms with E-state index in [-0.39, 0.29) is 10.7 Å². The van der Waals surface area contributed by atoms with Gasteiger partial charge in [0.25, 0.3) is 0 Å². The molecule has 0 heterocycles. The zero-order valence-electron chi connectivity index (χ0n) is 5.39. The van der Waals surface area contributed by atoms with Gasteiger partial charge in [-0.15, -0.1) is 0 Å². The van der Waals surface area contributed by atoms with Crippen molar-refractivity contribution < 1.29 is 8.42 Å². The van der Waals surface area contributed by atoms with Gasteiger partial charge in [0.2, 0.25) is 10.0 Å². The molecule has 0 radical (unpaired) electrons. The second-order valence-corrected chi connectivity index (χ2v) is 5.05. The topological polar surface area (TPSA) is 46.2 Å². The fourth-order valence-electron chi connectivity index (χ4n) is 0.391. The van der Waals surface area contributed by atoms with E-state index in [9.17, 15) is 8.42 Å². The van der Waals surface area contributed by atoms with Gasteiger partial charge in [0.15, 0.2) is 0 Å². The van der Waals surface area contributed by atoms with Crippen LogP contribution in [0.2, 0.25) is 0 Å². The lowest BCUT2D eigenvalue weighted by molar-refractivity contribution is 0.575. The maximum Gasteiger partial charge on any atom is 0.221 e. The van der Waals surface area contributed by atoms with Gasteiger partial charge in [-0.05, 0) is 13.8 Å². The molecular weight excluding hydrogens is 206 g/mol. The summed E-state index contributed by atoms with van der Waals surface area (Å²) in [6.45, 7) is 3.56. The summed E-state index contributed by atoms with van der Waals surface area (Å²) in [5, 5.41) is 0. The predicted molar refractivity (Wildman–Crippen MR) is 41.0 cm³/mol. The van der Waals surface area contributed by atoms with Crippen molar-refractivity contribution in [3.8, 4) is 0 Å². The van der Waals surface area contributed by atoms with Crippen LogP contribution >= 0.6 is 15.9 Å². The van der Waals surface area contributed by atoms with E-state index in [4.69, 9.17) is 0 Å². The third kappa shape index (κ3) is 4.87. The molecule has 0 aromatic rings. The molecule has 3 nitrogen and oxygen atoms in total. The van der Waals surface area contributed by atoms with Crippen LogP contribution in [-0.2, 0) is 10.0 Å². The summed E-state index contributed by atoms with van der Waals surface area (Å²) in [5.41, 5.74) is 0. The van der Waals surface area contributed by atoms with Crippen molar-refractivity contribution in [3.63, 3.8) is 0 Å². The van der Waals surface area contributed by atoms with Crippen LogP contribution in [0.25, 0.3) is 0 Å². The number of rotatable bonds is 3. The Morgan fingerprint density at radius 3 is 2.11 bits per heavy atom. The van der Waals surface area contributed by atoms with Crippen LogP contribution in [-0.4, -0.2) is 19.1 Å². The molecule has 9 heavy (non-hydrogen) atoms. The molecule has 56 valence electrons. The average molecular weight is 216 g/mol. The number of hydrogen-bond acceptors (Lipinski definition) is 2. The Morgan fingerprint density at radius 2 is 2.00 bits per heavy atom. The zero-order chi connectivity index (χ0) is 7.49. The van der Waals surface area contributed by atoms with Crippen molar-refractivity contribution in [2.75, 3.05) is 4.66 Å². The quantitative estimate of drug-likeness (QED) is 0.704. The molecule has 0 amide bonds. The standard InChI is InChI=1S/C4H10BrNO2S/c1-4(2)6-9(7,8)3-5/h4,6H,3H2,1-2H3. The Morgan fingerprint density at radius 1 is 1.56 bits per heavy atom. The van der Waals surface area contributed by atoms with Gasteiger partial charge in [-0.2, -0.15) is 0 Å². The maximum absolute atomic E-state index is 10.7. The largest absolute Gasteiger partial charge is 0.221 e. The molecule has 0 fully saturated rings. The minimum Gasteiger partial charge on any atom is -0.212 e. The highest BCUT2D eigenvalue weighted by molar-refractivity contribution is 9.10. The third-order valence-electron chi connectivity index (χ3n) is 0.559. The van der Waals surface area contributed by atoms with Crippen LogP contribution in [0.15, 0.2) is 0 Å². The first-order chi connectivity index (χ1) is 3.98. The lowest BCUT2D eigenvalue weighted by atomic mass is 10.4. The van der Waals surface area contributed by atoms with Crippen LogP contribution < -0.4 is 4.72 Å². The number of hydrogen-bond donors (Lipinski definition) is 1. The van der Waals surface area contributed by atoms with Crippen molar-refractivity contribution in [2.24, 2.45) is 0 Å². The van der Waals surface area contributed by atoms with Crippen LogP contribution in [0.3, 0.4) is 0 Å². The summed E-state index contributed by atoms with van der Waals surface area (Å²) in [6, 6.07) is -0.0208. The number of nitrogens with one attached hydrogen (secondary N) is 1. The highest BCUT2D eigenvalue weighted by Gasteiger charge is 2.07. The Balaban J connectivity index is 3.90. The molecule has 0 aliphatic rings. The van der Waals surface area contributed by atoms with Gasteiger partial charge >= 0.3 is 0 Å². The minimum absolute atomic E-state index is 0.0208. The van der Waals surface area contributed by atoms with E-state index in [2.05, 4.69) is 20.7 Å². The first-order valence-corrected chi connectivity index (χ1v) is 5.31. The Labute approximate surface area is 64.0 Å². The smallest absolute Gasteiger partial charge is 0.212 e. The number of halogens is 1. The van der Waals surface area contributed by atoms with Gasteiger partial charge in [0, 0.05) is 6.04 Å². The normalized spacial score (nSPS) is 12.4. The summed E-state index contributed by atoms with van der Waals surface area (Å²) < 4.78 is 23.7. The van der Waals surface area contributed by atoms with E-state index in [0.29, 0.717) is 0 Å². The zero-order valence-corrected chi connectivity index (χ0v) is 7.79.